The Bertz CT molecular complexity index is 1090. The normalized spacial score (nSPS) is 16.0. The number of ether oxygens (including phenoxy) is 1. The number of hydrogen-bond acceptors (Lipinski definition) is 6. The molecule has 10 heteroatoms. The Morgan fingerprint density at radius 3 is 2.19 bits per heavy atom. The van der Waals surface area contributed by atoms with Gasteiger partial charge in [-0.2, -0.15) is 0 Å². The molecule has 2 aromatic carbocycles. The summed E-state index contributed by atoms with van der Waals surface area (Å²) in [6, 6.07) is 14.5. The van der Waals surface area contributed by atoms with Crippen LogP contribution in [0.5, 0.6) is 0 Å². The summed E-state index contributed by atoms with van der Waals surface area (Å²) in [5.41, 5.74) is 1.44. The summed E-state index contributed by atoms with van der Waals surface area (Å²) in [7, 11) is -2.40. The van der Waals surface area contributed by atoms with Crippen molar-refractivity contribution in [1.29, 1.82) is 0 Å². The van der Waals surface area contributed by atoms with Crippen LogP contribution in [-0.4, -0.2) is 57.7 Å². The molecule has 1 fully saturated rings. The van der Waals surface area contributed by atoms with Gasteiger partial charge in [-0.25, -0.2) is 17.5 Å². The van der Waals surface area contributed by atoms with Gasteiger partial charge in [-0.3, -0.25) is 14.5 Å². The third kappa shape index (κ3) is 4.85. The quantitative estimate of drug-likeness (QED) is 0.675. The maximum absolute atomic E-state index is 13.0. The van der Waals surface area contributed by atoms with Gasteiger partial charge in [-0.15, -0.1) is 0 Å². The topological polar surface area (TPSA) is 104 Å². The average Bonchev–Trinajstić information content (AvgIpc) is 3.08. The summed E-state index contributed by atoms with van der Waals surface area (Å²) in [5.74, 6) is -0.988. The molecule has 0 bridgehead atoms. The number of nitrogens with zero attached hydrogens (tertiary/aromatic N) is 3. The summed E-state index contributed by atoms with van der Waals surface area (Å²) in [5, 5.41) is 0. The lowest BCUT2D eigenvalue weighted by Crippen LogP contribution is -2.44. The average molecular weight is 445 g/mol. The molecule has 0 spiro atoms. The van der Waals surface area contributed by atoms with Gasteiger partial charge in [0.2, 0.25) is 15.9 Å². The monoisotopic (exact) mass is 445 g/mol. The van der Waals surface area contributed by atoms with E-state index in [0.717, 1.165) is 11.8 Å². The first-order valence-corrected chi connectivity index (χ1v) is 11.3. The lowest BCUT2D eigenvalue weighted by molar-refractivity contribution is -0.118. The molecule has 0 unspecified atom stereocenters. The van der Waals surface area contributed by atoms with Crippen LogP contribution in [0.1, 0.15) is 18.5 Å². The summed E-state index contributed by atoms with van der Waals surface area (Å²) < 4.78 is 30.6. The van der Waals surface area contributed by atoms with Crippen LogP contribution in [0.2, 0.25) is 0 Å². The number of hydrogen-bond donors (Lipinski definition) is 0. The van der Waals surface area contributed by atoms with Gasteiger partial charge in [0.05, 0.1) is 18.0 Å². The summed E-state index contributed by atoms with van der Waals surface area (Å²) in [6.07, 6.45) is 0.228. The second kappa shape index (κ2) is 8.76. The van der Waals surface area contributed by atoms with Crippen molar-refractivity contribution in [3.63, 3.8) is 0 Å². The molecule has 3 rings (SSSR count). The maximum Gasteiger partial charge on any atom is 0.410 e. The molecule has 164 valence electrons. The second-order valence-corrected chi connectivity index (χ2v) is 8.98. The van der Waals surface area contributed by atoms with E-state index >= 15 is 0 Å². The number of amides is 3. The molecule has 1 aliphatic rings. The van der Waals surface area contributed by atoms with E-state index in [9.17, 15) is 22.8 Å². The number of anilines is 2. The Balaban J connectivity index is 1.87. The van der Waals surface area contributed by atoms with Crippen LogP contribution in [0.3, 0.4) is 0 Å². The highest BCUT2D eigenvalue weighted by atomic mass is 32.2. The van der Waals surface area contributed by atoms with Crippen molar-refractivity contribution in [3.8, 4) is 0 Å². The van der Waals surface area contributed by atoms with E-state index in [2.05, 4.69) is 0 Å². The van der Waals surface area contributed by atoms with Gasteiger partial charge in [0, 0.05) is 19.7 Å². The van der Waals surface area contributed by atoms with Crippen molar-refractivity contribution < 1.29 is 27.5 Å². The molecule has 0 aliphatic carbocycles. The molecule has 0 radical (unpaired) electrons. The second-order valence-electron chi connectivity index (χ2n) is 7.15. The highest BCUT2D eigenvalue weighted by Gasteiger charge is 2.38. The minimum atomic E-state index is -3.98. The van der Waals surface area contributed by atoms with Gasteiger partial charge in [0.1, 0.15) is 13.2 Å². The van der Waals surface area contributed by atoms with Crippen LogP contribution >= 0.6 is 0 Å². The van der Waals surface area contributed by atoms with Gasteiger partial charge in [-0.05, 0) is 29.8 Å². The first-order chi connectivity index (χ1) is 14.6. The SMILES string of the molecule is CC(=O)N(C)c1ccc(N(C(=O)CN2C(=O)OC[C@@H]2c2ccccc2)S(C)(=O)=O)cc1. The van der Waals surface area contributed by atoms with Crippen molar-refractivity contribution in [2.24, 2.45) is 0 Å². The smallest absolute Gasteiger partial charge is 0.410 e. The Morgan fingerprint density at radius 2 is 1.65 bits per heavy atom. The minimum Gasteiger partial charge on any atom is -0.447 e. The van der Waals surface area contributed by atoms with Gasteiger partial charge in [-0.1, -0.05) is 30.3 Å². The fourth-order valence-electron chi connectivity index (χ4n) is 3.30. The Kier molecular flexibility index (Phi) is 6.30. The molecular weight excluding hydrogens is 422 g/mol. The molecular formula is C21H23N3O6S. The highest BCUT2D eigenvalue weighted by molar-refractivity contribution is 7.92. The molecule has 0 N–H and O–H groups in total. The zero-order valence-electron chi connectivity index (χ0n) is 17.4. The molecule has 31 heavy (non-hydrogen) atoms. The lowest BCUT2D eigenvalue weighted by Gasteiger charge is -2.26. The highest BCUT2D eigenvalue weighted by Crippen LogP contribution is 2.29. The molecule has 1 aliphatic heterocycles. The van der Waals surface area contributed by atoms with E-state index in [-0.39, 0.29) is 18.2 Å². The number of sulfonamides is 1. The number of carbonyl (C=O) groups excluding carboxylic acids is 3. The van der Waals surface area contributed by atoms with Gasteiger partial charge in [0.15, 0.2) is 0 Å². The number of benzene rings is 2. The van der Waals surface area contributed by atoms with Gasteiger partial charge < -0.3 is 9.64 Å². The van der Waals surface area contributed by atoms with Gasteiger partial charge in [0.25, 0.3) is 5.91 Å². The largest absolute Gasteiger partial charge is 0.447 e. The van der Waals surface area contributed by atoms with Crippen molar-refractivity contribution in [2.45, 2.75) is 13.0 Å². The van der Waals surface area contributed by atoms with Crippen molar-refractivity contribution in [3.05, 3.63) is 60.2 Å². The van der Waals surface area contributed by atoms with E-state index in [4.69, 9.17) is 4.74 Å². The minimum absolute atomic E-state index is 0.0705. The van der Waals surface area contributed by atoms with E-state index in [1.165, 1.54) is 28.9 Å². The predicted octanol–water partition coefficient (Wildman–Crippen LogP) is 2.16. The van der Waals surface area contributed by atoms with Crippen LogP contribution < -0.4 is 9.21 Å². The predicted molar refractivity (Wildman–Crippen MR) is 115 cm³/mol. The van der Waals surface area contributed by atoms with Crippen LogP contribution in [0.15, 0.2) is 54.6 Å². The Morgan fingerprint density at radius 1 is 1.06 bits per heavy atom. The molecule has 2 aromatic rings. The zero-order chi connectivity index (χ0) is 22.8. The molecule has 1 heterocycles. The fraction of sp³-hybridized carbons (Fsp3) is 0.286. The van der Waals surface area contributed by atoms with E-state index in [1.807, 2.05) is 18.2 Å². The van der Waals surface area contributed by atoms with Crippen molar-refractivity contribution >= 4 is 39.3 Å². The van der Waals surface area contributed by atoms with Crippen molar-refractivity contribution in [1.82, 2.24) is 4.90 Å². The van der Waals surface area contributed by atoms with Crippen LogP contribution in [0.4, 0.5) is 16.2 Å². The van der Waals surface area contributed by atoms with E-state index in [1.54, 1.807) is 31.3 Å². The number of cyclic esters (lactones) is 1. The Hall–Kier alpha value is -3.40. The first kappa shape index (κ1) is 22.3. The first-order valence-electron chi connectivity index (χ1n) is 9.45. The van der Waals surface area contributed by atoms with Crippen LogP contribution in [0, 0.1) is 0 Å². The fourth-order valence-corrected chi connectivity index (χ4v) is 4.23. The number of rotatable bonds is 6. The molecule has 1 atom stereocenters. The van der Waals surface area contributed by atoms with Gasteiger partial charge >= 0.3 is 6.09 Å². The van der Waals surface area contributed by atoms with E-state index < -0.39 is 34.6 Å². The summed E-state index contributed by atoms with van der Waals surface area (Å²) in [6.45, 7) is 1.00. The maximum atomic E-state index is 13.0. The molecule has 9 nitrogen and oxygen atoms in total. The molecule has 0 aromatic heterocycles. The third-order valence-corrected chi connectivity index (χ3v) is 6.05. The van der Waals surface area contributed by atoms with Crippen LogP contribution in [0.25, 0.3) is 0 Å². The van der Waals surface area contributed by atoms with Crippen LogP contribution in [-0.2, 0) is 24.3 Å². The number of carbonyl (C=O) groups is 3. The lowest BCUT2D eigenvalue weighted by atomic mass is 10.1. The third-order valence-electron chi connectivity index (χ3n) is 4.97. The standard InChI is InChI=1S/C21H23N3O6S/c1-15(25)22(2)17-9-11-18(12-10-17)24(31(3,28)29)20(26)13-23-19(14-30-21(23)27)16-7-5-4-6-8-16/h4-12,19H,13-14H2,1-3H3/t19-/m1/s1. The molecule has 1 saturated heterocycles. The van der Waals surface area contributed by atoms with E-state index in [0.29, 0.717) is 9.99 Å². The van der Waals surface area contributed by atoms with Crippen molar-refractivity contribution in [2.75, 3.05) is 35.7 Å². The Labute approximate surface area is 180 Å². The summed E-state index contributed by atoms with van der Waals surface area (Å²) >= 11 is 0. The molecule has 0 saturated carbocycles. The summed E-state index contributed by atoms with van der Waals surface area (Å²) in [4.78, 5) is 39.4. The zero-order valence-corrected chi connectivity index (χ0v) is 18.2. The molecule has 3 amide bonds.